The number of rotatable bonds is 1. The van der Waals surface area contributed by atoms with E-state index in [9.17, 15) is 0 Å². The third kappa shape index (κ3) is 1.55. The third-order valence-corrected chi connectivity index (χ3v) is 3.15. The summed E-state index contributed by atoms with van der Waals surface area (Å²) in [7, 11) is 0. The highest BCUT2D eigenvalue weighted by molar-refractivity contribution is 5.73. The lowest BCUT2D eigenvalue weighted by Gasteiger charge is -2.24. The Bertz CT molecular complexity index is 358. The van der Waals surface area contributed by atoms with Gasteiger partial charge in [-0.25, -0.2) is 0 Å². The van der Waals surface area contributed by atoms with E-state index in [0.717, 1.165) is 25.3 Å². The Balaban J connectivity index is 1.99. The van der Waals surface area contributed by atoms with Gasteiger partial charge in [0.25, 0.3) is 0 Å². The standard InChI is InChI=1S/C11H16N4/c1-2-9(13-3-1)8-6-12-7-10-11(8)15-5-4-14-10/h6-7,9,13-15H,1-5H2/t9-/m0/s1. The zero-order chi connectivity index (χ0) is 10.1. The van der Waals surface area contributed by atoms with Crippen LogP contribution in [0, 0.1) is 0 Å². The molecule has 1 aromatic heterocycles. The van der Waals surface area contributed by atoms with Crippen LogP contribution in [-0.2, 0) is 0 Å². The second-order valence-corrected chi connectivity index (χ2v) is 4.15. The number of nitrogens with one attached hydrogen (secondary N) is 3. The van der Waals surface area contributed by atoms with Crippen molar-refractivity contribution in [1.29, 1.82) is 0 Å². The summed E-state index contributed by atoms with van der Waals surface area (Å²) in [6.45, 7) is 3.11. The molecule has 1 fully saturated rings. The van der Waals surface area contributed by atoms with Gasteiger partial charge in [0.15, 0.2) is 0 Å². The molecule has 3 N–H and O–H groups in total. The molecule has 4 heteroatoms. The summed E-state index contributed by atoms with van der Waals surface area (Å²) in [4.78, 5) is 4.30. The highest BCUT2D eigenvalue weighted by atomic mass is 15.1. The molecule has 0 radical (unpaired) electrons. The van der Waals surface area contributed by atoms with Crippen molar-refractivity contribution in [2.75, 3.05) is 30.3 Å². The van der Waals surface area contributed by atoms with Gasteiger partial charge in [-0.15, -0.1) is 0 Å². The monoisotopic (exact) mass is 204 g/mol. The molecule has 0 aromatic carbocycles. The van der Waals surface area contributed by atoms with Crippen molar-refractivity contribution < 1.29 is 0 Å². The maximum absolute atomic E-state index is 4.30. The summed E-state index contributed by atoms with van der Waals surface area (Å²) >= 11 is 0. The number of pyridine rings is 1. The highest BCUT2D eigenvalue weighted by Gasteiger charge is 2.22. The zero-order valence-electron chi connectivity index (χ0n) is 8.71. The van der Waals surface area contributed by atoms with Gasteiger partial charge in [0, 0.05) is 30.9 Å². The molecule has 1 saturated heterocycles. The van der Waals surface area contributed by atoms with E-state index in [0.29, 0.717) is 6.04 Å². The van der Waals surface area contributed by atoms with Gasteiger partial charge in [0.05, 0.1) is 17.6 Å². The Morgan fingerprint density at radius 1 is 1.13 bits per heavy atom. The summed E-state index contributed by atoms with van der Waals surface area (Å²) in [5, 5.41) is 10.4. The van der Waals surface area contributed by atoms with Crippen LogP contribution in [0.1, 0.15) is 24.4 Å². The number of aromatic nitrogens is 1. The Labute approximate surface area is 89.5 Å². The van der Waals surface area contributed by atoms with Gasteiger partial charge >= 0.3 is 0 Å². The van der Waals surface area contributed by atoms with Crippen LogP contribution in [0.15, 0.2) is 12.4 Å². The lowest BCUT2D eigenvalue weighted by molar-refractivity contribution is 0.645. The molecule has 0 saturated carbocycles. The van der Waals surface area contributed by atoms with Crippen molar-refractivity contribution in [3.05, 3.63) is 18.0 Å². The van der Waals surface area contributed by atoms with Crippen LogP contribution in [0.25, 0.3) is 0 Å². The first-order valence-electron chi connectivity index (χ1n) is 5.64. The van der Waals surface area contributed by atoms with E-state index in [1.54, 1.807) is 0 Å². The molecule has 2 aliphatic rings. The number of nitrogens with zero attached hydrogens (tertiary/aromatic N) is 1. The van der Waals surface area contributed by atoms with Crippen molar-refractivity contribution in [3.63, 3.8) is 0 Å². The van der Waals surface area contributed by atoms with Gasteiger partial charge in [-0.3, -0.25) is 4.98 Å². The molecule has 0 aliphatic carbocycles. The van der Waals surface area contributed by atoms with Gasteiger partial charge in [-0.2, -0.15) is 0 Å². The average molecular weight is 204 g/mol. The summed E-state index contributed by atoms with van der Waals surface area (Å²) < 4.78 is 0. The van der Waals surface area contributed by atoms with Gasteiger partial charge in [0.2, 0.25) is 0 Å². The number of hydrogen-bond acceptors (Lipinski definition) is 4. The number of hydrogen-bond donors (Lipinski definition) is 3. The van der Waals surface area contributed by atoms with E-state index in [-0.39, 0.29) is 0 Å². The maximum Gasteiger partial charge on any atom is 0.0766 e. The zero-order valence-corrected chi connectivity index (χ0v) is 8.71. The molecule has 80 valence electrons. The van der Waals surface area contributed by atoms with Crippen LogP contribution in [0.2, 0.25) is 0 Å². The van der Waals surface area contributed by atoms with Crippen molar-refractivity contribution in [2.24, 2.45) is 0 Å². The largest absolute Gasteiger partial charge is 0.381 e. The molecule has 0 bridgehead atoms. The number of anilines is 2. The minimum Gasteiger partial charge on any atom is -0.381 e. The topological polar surface area (TPSA) is 49.0 Å². The molecule has 4 nitrogen and oxygen atoms in total. The summed E-state index contributed by atoms with van der Waals surface area (Å²) in [5.41, 5.74) is 3.71. The Morgan fingerprint density at radius 3 is 2.93 bits per heavy atom. The molecular formula is C11H16N4. The maximum atomic E-state index is 4.30. The first kappa shape index (κ1) is 8.97. The smallest absolute Gasteiger partial charge is 0.0766 e. The Hall–Kier alpha value is -1.29. The van der Waals surface area contributed by atoms with E-state index in [1.165, 1.54) is 24.1 Å². The molecule has 1 atom stereocenters. The van der Waals surface area contributed by atoms with E-state index < -0.39 is 0 Å². The molecule has 0 unspecified atom stereocenters. The van der Waals surface area contributed by atoms with Crippen LogP contribution in [0.4, 0.5) is 11.4 Å². The second kappa shape index (κ2) is 3.70. The van der Waals surface area contributed by atoms with Crippen LogP contribution in [-0.4, -0.2) is 24.6 Å². The molecule has 1 aromatic rings. The van der Waals surface area contributed by atoms with E-state index in [1.807, 2.05) is 12.4 Å². The van der Waals surface area contributed by atoms with E-state index in [4.69, 9.17) is 0 Å². The van der Waals surface area contributed by atoms with Crippen molar-refractivity contribution in [2.45, 2.75) is 18.9 Å². The third-order valence-electron chi connectivity index (χ3n) is 3.15. The lowest BCUT2D eigenvalue weighted by atomic mass is 10.0. The van der Waals surface area contributed by atoms with Crippen LogP contribution >= 0.6 is 0 Å². The quantitative estimate of drug-likeness (QED) is 0.646. The van der Waals surface area contributed by atoms with Crippen molar-refractivity contribution in [1.82, 2.24) is 10.3 Å². The van der Waals surface area contributed by atoms with Crippen molar-refractivity contribution >= 4 is 11.4 Å². The predicted octanol–water partition coefficient (Wildman–Crippen LogP) is 1.34. The first-order valence-corrected chi connectivity index (χ1v) is 5.64. The Morgan fingerprint density at radius 2 is 2.07 bits per heavy atom. The highest BCUT2D eigenvalue weighted by Crippen LogP contribution is 2.34. The minimum atomic E-state index is 0.486. The average Bonchev–Trinajstić information content (AvgIpc) is 2.82. The normalized spacial score (nSPS) is 24.1. The fourth-order valence-corrected chi connectivity index (χ4v) is 2.41. The summed E-state index contributed by atoms with van der Waals surface area (Å²) in [6.07, 6.45) is 6.38. The second-order valence-electron chi connectivity index (χ2n) is 4.15. The fourth-order valence-electron chi connectivity index (χ4n) is 2.41. The summed E-state index contributed by atoms with van der Waals surface area (Å²) in [5.74, 6) is 0. The lowest BCUT2D eigenvalue weighted by Crippen LogP contribution is -2.24. The van der Waals surface area contributed by atoms with Gasteiger partial charge in [-0.05, 0) is 19.4 Å². The van der Waals surface area contributed by atoms with Gasteiger partial charge in [-0.1, -0.05) is 0 Å². The van der Waals surface area contributed by atoms with Gasteiger partial charge in [0.1, 0.15) is 0 Å². The molecule has 15 heavy (non-hydrogen) atoms. The summed E-state index contributed by atoms with van der Waals surface area (Å²) in [6, 6.07) is 0.486. The Kier molecular flexibility index (Phi) is 2.21. The molecule has 2 aliphatic heterocycles. The molecule has 0 spiro atoms. The number of fused-ring (bicyclic) bond motifs is 1. The fraction of sp³-hybridized carbons (Fsp3) is 0.545. The minimum absolute atomic E-state index is 0.486. The van der Waals surface area contributed by atoms with Crippen LogP contribution in [0.5, 0.6) is 0 Å². The molecule has 0 amide bonds. The molecule has 3 rings (SSSR count). The first-order chi connectivity index (χ1) is 7.45. The molecule has 3 heterocycles. The molecular weight excluding hydrogens is 188 g/mol. The van der Waals surface area contributed by atoms with Crippen LogP contribution < -0.4 is 16.0 Å². The van der Waals surface area contributed by atoms with Gasteiger partial charge < -0.3 is 16.0 Å². The predicted molar refractivity (Wildman–Crippen MR) is 61.2 cm³/mol. The van der Waals surface area contributed by atoms with Crippen molar-refractivity contribution in [3.8, 4) is 0 Å². The van der Waals surface area contributed by atoms with E-state index in [2.05, 4.69) is 20.9 Å². The van der Waals surface area contributed by atoms with E-state index >= 15 is 0 Å². The van der Waals surface area contributed by atoms with Crippen LogP contribution in [0.3, 0.4) is 0 Å². The SMILES string of the molecule is c1ncc([C@@H]2CCCN2)c2c1NCCN2.